The lowest BCUT2D eigenvalue weighted by atomic mass is 9.81. The zero-order chi connectivity index (χ0) is 13.5. The Kier molecular flexibility index (Phi) is 3.37. The highest BCUT2D eigenvalue weighted by molar-refractivity contribution is 6.05. The number of likely N-dealkylation sites (tertiary alicyclic amines) is 1. The third-order valence-electron chi connectivity index (χ3n) is 5.16. The van der Waals surface area contributed by atoms with Crippen LogP contribution >= 0.6 is 0 Å². The summed E-state index contributed by atoms with van der Waals surface area (Å²) in [4.78, 5) is 26.5. The highest BCUT2D eigenvalue weighted by Gasteiger charge is 2.49. The molecule has 1 N–H and O–H groups in total. The van der Waals surface area contributed by atoms with Crippen molar-refractivity contribution in [3.8, 4) is 0 Å². The van der Waals surface area contributed by atoms with E-state index in [1.54, 1.807) is 4.90 Å². The lowest BCUT2D eigenvalue weighted by Crippen LogP contribution is -2.47. The number of piperidine rings is 1. The van der Waals surface area contributed by atoms with Gasteiger partial charge in [-0.15, -0.1) is 0 Å². The minimum Gasteiger partial charge on any atom is -0.316 e. The monoisotopic (exact) mass is 264 g/mol. The van der Waals surface area contributed by atoms with E-state index in [1.807, 2.05) is 0 Å². The van der Waals surface area contributed by atoms with Crippen LogP contribution < -0.4 is 5.32 Å². The van der Waals surface area contributed by atoms with Gasteiger partial charge in [0.25, 0.3) is 0 Å². The molecule has 4 nitrogen and oxygen atoms in total. The summed E-state index contributed by atoms with van der Waals surface area (Å²) in [5.41, 5.74) is 0.0665. The van der Waals surface area contributed by atoms with Gasteiger partial charge >= 0.3 is 0 Å². The molecule has 0 aromatic carbocycles. The van der Waals surface area contributed by atoms with Crippen LogP contribution in [-0.2, 0) is 9.59 Å². The first-order chi connectivity index (χ1) is 9.11. The van der Waals surface area contributed by atoms with Crippen LogP contribution in [-0.4, -0.2) is 36.3 Å². The van der Waals surface area contributed by atoms with E-state index in [4.69, 9.17) is 0 Å². The number of hydrogen-bond donors (Lipinski definition) is 1. The topological polar surface area (TPSA) is 49.4 Å². The maximum Gasteiger partial charge on any atom is 0.233 e. The molecule has 106 valence electrons. The third kappa shape index (κ3) is 2.31. The van der Waals surface area contributed by atoms with Gasteiger partial charge in [0.1, 0.15) is 0 Å². The third-order valence-corrected chi connectivity index (χ3v) is 5.16. The molecule has 0 aromatic heterocycles. The smallest absolute Gasteiger partial charge is 0.233 e. The van der Waals surface area contributed by atoms with Crippen molar-refractivity contribution in [3.05, 3.63) is 0 Å². The molecule has 2 heterocycles. The molecule has 3 fully saturated rings. The van der Waals surface area contributed by atoms with E-state index in [9.17, 15) is 9.59 Å². The van der Waals surface area contributed by atoms with Gasteiger partial charge in [0, 0.05) is 13.1 Å². The van der Waals surface area contributed by atoms with Crippen molar-refractivity contribution in [1.82, 2.24) is 10.2 Å². The van der Waals surface area contributed by atoms with Gasteiger partial charge in [0.05, 0.1) is 11.8 Å². The van der Waals surface area contributed by atoms with Crippen molar-refractivity contribution in [1.29, 1.82) is 0 Å². The number of imide groups is 1. The Morgan fingerprint density at radius 1 is 1.16 bits per heavy atom. The summed E-state index contributed by atoms with van der Waals surface area (Å²) in [5.74, 6) is 0.228. The van der Waals surface area contributed by atoms with Gasteiger partial charge in [-0.3, -0.25) is 14.5 Å². The van der Waals surface area contributed by atoms with Crippen molar-refractivity contribution in [2.45, 2.75) is 45.4 Å². The number of hydrogen-bond acceptors (Lipinski definition) is 3. The van der Waals surface area contributed by atoms with Crippen LogP contribution in [0.15, 0.2) is 0 Å². The number of rotatable bonds is 2. The maximum absolute atomic E-state index is 12.5. The van der Waals surface area contributed by atoms with Gasteiger partial charge in [0.15, 0.2) is 0 Å². The van der Waals surface area contributed by atoms with Crippen molar-refractivity contribution in [2.24, 2.45) is 17.3 Å². The first kappa shape index (κ1) is 13.1. The lowest BCUT2D eigenvalue weighted by Gasteiger charge is -2.36. The normalized spacial score (nSPS) is 39.5. The summed E-state index contributed by atoms with van der Waals surface area (Å²) >= 11 is 0. The largest absolute Gasteiger partial charge is 0.316 e. The van der Waals surface area contributed by atoms with Gasteiger partial charge in [-0.2, -0.15) is 0 Å². The first-order valence-electron chi connectivity index (χ1n) is 7.67. The molecule has 3 aliphatic rings. The molecule has 19 heavy (non-hydrogen) atoms. The summed E-state index contributed by atoms with van der Waals surface area (Å²) in [7, 11) is 0. The molecule has 3 unspecified atom stereocenters. The Hall–Kier alpha value is -0.900. The Labute approximate surface area is 114 Å². The predicted molar refractivity (Wildman–Crippen MR) is 72.4 cm³/mol. The van der Waals surface area contributed by atoms with Crippen molar-refractivity contribution < 1.29 is 9.59 Å². The molecule has 3 rings (SSSR count). The minimum absolute atomic E-state index is 0.00130. The van der Waals surface area contributed by atoms with Crippen molar-refractivity contribution in [2.75, 3.05) is 19.6 Å². The predicted octanol–water partition coefficient (Wildman–Crippen LogP) is 1.55. The molecule has 0 bridgehead atoms. The average Bonchev–Trinajstić information content (AvgIpc) is 2.65. The fraction of sp³-hybridized carbons (Fsp3) is 0.867. The standard InChI is InChI=1S/C15H24N2O2/c1-15(7-4-8-16-9-15)10-17-13(18)11-5-2-3-6-12(11)14(17)19/h11-12,16H,2-10H2,1H3. The van der Waals surface area contributed by atoms with Gasteiger partial charge in [-0.05, 0) is 37.6 Å². The molecule has 0 aromatic rings. The molecule has 1 saturated carbocycles. The molecule has 2 saturated heterocycles. The Morgan fingerprint density at radius 3 is 2.32 bits per heavy atom. The molecular formula is C15H24N2O2. The van der Waals surface area contributed by atoms with Gasteiger partial charge in [0.2, 0.25) is 11.8 Å². The van der Waals surface area contributed by atoms with E-state index in [-0.39, 0.29) is 29.1 Å². The second kappa shape index (κ2) is 4.89. The fourth-order valence-electron chi connectivity index (χ4n) is 4.02. The van der Waals surface area contributed by atoms with Crippen LogP contribution in [0.2, 0.25) is 0 Å². The second-order valence-electron chi connectivity index (χ2n) is 6.85. The molecular weight excluding hydrogens is 240 g/mol. The van der Waals surface area contributed by atoms with Crippen molar-refractivity contribution >= 4 is 11.8 Å². The van der Waals surface area contributed by atoms with E-state index >= 15 is 0 Å². The molecule has 1 aliphatic carbocycles. The van der Waals surface area contributed by atoms with Crippen LogP contribution in [0.5, 0.6) is 0 Å². The summed E-state index contributed by atoms with van der Waals surface area (Å²) < 4.78 is 0. The number of carbonyl (C=O) groups excluding carboxylic acids is 2. The zero-order valence-corrected chi connectivity index (χ0v) is 11.8. The van der Waals surface area contributed by atoms with Crippen LogP contribution in [0, 0.1) is 17.3 Å². The Bertz CT molecular complexity index is 364. The number of fused-ring (bicyclic) bond motifs is 1. The molecule has 2 aliphatic heterocycles. The van der Waals surface area contributed by atoms with Crippen LogP contribution in [0.3, 0.4) is 0 Å². The van der Waals surface area contributed by atoms with Crippen LogP contribution in [0.4, 0.5) is 0 Å². The Balaban J connectivity index is 1.73. The molecule has 3 atom stereocenters. The highest BCUT2D eigenvalue weighted by Crippen LogP contribution is 2.39. The number of nitrogens with zero attached hydrogens (tertiary/aromatic N) is 1. The SMILES string of the molecule is CC1(CN2C(=O)C3CCCCC3C2=O)CCCNC1. The molecule has 4 heteroatoms. The number of amides is 2. The summed E-state index contributed by atoms with van der Waals surface area (Å²) in [5, 5.41) is 3.39. The number of carbonyl (C=O) groups is 2. The fourth-order valence-corrected chi connectivity index (χ4v) is 4.02. The molecule has 2 amide bonds. The summed E-state index contributed by atoms with van der Waals surface area (Å²) in [6.45, 7) is 4.79. The first-order valence-corrected chi connectivity index (χ1v) is 7.67. The van der Waals surface area contributed by atoms with E-state index < -0.39 is 0 Å². The van der Waals surface area contributed by atoms with Crippen LogP contribution in [0.25, 0.3) is 0 Å². The zero-order valence-electron chi connectivity index (χ0n) is 11.8. The number of nitrogens with one attached hydrogen (secondary N) is 1. The summed E-state index contributed by atoms with van der Waals surface area (Å²) in [6.07, 6.45) is 6.28. The van der Waals surface area contributed by atoms with Crippen LogP contribution in [0.1, 0.15) is 45.4 Å². The molecule has 0 spiro atoms. The molecule has 0 radical (unpaired) electrons. The average molecular weight is 264 g/mol. The quantitative estimate of drug-likeness (QED) is 0.770. The van der Waals surface area contributed by atoms with E-state index in [0.29, 0.717) is 6.54 Å². The van der Waals surface area contributed by atoms with E-state index in [1.165, 1.54) is 0 Å². The van der Waals surface area contributed by atoms with Gasteiger partial charge < -0.3 is 5.32 Å². The van der Waals surface area contributed by atoms with E-state index in [2.05, 4.69) is 12.2 Å². The minimum atomic E-state index is 0.00130. The van der Waals surface area contributed by atoms with Gasteiger partial charge in [-0.25, -0.2) is 0 Å². The van der Waals surface area contributed by atoms with E-state index in [0.717, 1.165) is 51.6 Å². The Morgan fingerprint density at radius 2 is 1.79 bits per heavy atom. The highest BCUT2D eigenvalue weighted by atomic mass is 16.2. The maximum atomic E-state index is 12.5. The van der Waals surface area contributed by atoms with Gasteiger partial charge in [-0.1, -0.05) is 19.8 Å². The summed E-state index contributed by atoms with van der Waals surface area (Å²) in [6, 6.07) is 0. The second-order valence-corrected chi connectivity index (χ2v) is 6.85. The van der Waals surface area contributed by atoms with Crippen molar-refractivity contribution in [3.63, 3.8) is 0 Å². The lowest BCUT2D eigenvalue weighted by molar-refractivity contribution is -0.141.